The van der Waals surface area contributed by atoms with Gasteiger partial charge in [0.25, 0.3) is 0 Å². The van der Waals surface area contributed by atoms with E-state index in [4.69, 9.17) is 16.7 Å². The van der Waals surface area contributed by atoms with E-state index in [0.29, 0.717) is 0 Å². The van der Waals surface area contributed by atoms with Crippen molar-refractivity contribution >= 4 is 17.6 Å². The van der Waals surface area contributed by atoms with Crippen molar-refractivity contribution < 1.29 is 27.8 Å². The Morgan fingerprint density at radius 2 is 2.06 bits per heavy atom. The summed E-state index contributed by atoms with van der Waals surface area (Å²) < 4.78 is 42.8. The number of halogens is 4. The van der Waals surface area contributed by atoms with E-state index in [1.807, 2.05) is 0 Å². The number of hydrogen-bond acceptors (Lipinski definition) is 2. The third-order valence-electron chi connectivity index (χ3n) is 2.24. The number of carboxylic acid groups (broad SMARTS) is 1. The molecular formula is C11H10ClF3O3. The van der Waals surface area contributed by atoms with E-state index in [1.54, 1.807) is 0 Å². The number of carboxylic acids is 1. The first-order chi connectivity index (χ1) is 8.25. The molecule has 0 aliphatic carbocycles. The molecule has 18 heavy (non-hydrogen) atoms. The fourth-order valence-electron chi connectivity index (χ4n) is 1.46. The molecule has 0 fully saturated rings. The van der Waals surface area contributed by atoms with Crippen LogP contribution in [0.1, 0.15) is 17.5 Å². The Kier molecular flexibility index (Phi) is 4.45. The van der Waals surface area contributed by atoms with Gasteiger partial charge in [0.05, 0.1) is 17.7 Å². The van der Waals surface area contributed by atoms with Gasteiger partial charge in [-0.2, -0.15) is 13.2 Å². The van der Waals surface area contributed by atoms with Gasteiger partial charge in [-0.25, -0.2) is 0 Å². The van der Waals surface area contributed by atoms with E-state index in [2.05, 4.69) is 4.74 Å². The lowest BCUT2D eigenvalue weighted by atomic mass is 10.0. The molecule has 0 radical (unpaired) electrons. The molecule has 0 unspecified atom stereocenters. The molecule has 0 bridgehead atoms. The third kappa shape index (κ3) is 3.53. The number of methoxy groups -OCH3 is 1. The second kappa shape index (κ2) is 5.48. The lowest BCUT2D eigenvalue weighted by Crippen LogP contribution is -2.09. The van der Waals surface area contributed by atoms with Gasteiger partial charge in [-0.15, -0.1) is 0 Å². The van der Waals surface area contributed by atoms with Crippen LogP contribution in [-0.2, 0) is 17.4 Å². The fraction of sp³-hybridized carbons (Fsp3) is 0.364. The van der Waals surface area contributed by atoms with Crippen molar-refractivity contribution in [3.8, 4) is 5.75 Å². The van der Waals surface area contributed by atoms with E-state index >= 15 is 0 Å². The molecule has 7 heteroatoms. The van der Waals surface area contributed by atoms with Gasteiger partial charge in [-0.3, -0.25) is 4.79 Å². The maximum Gasteiger partial charge on any atom is 0.420 e. The molecule has 0 saturated heterocycles. The highest BCUT2D eigenvalue weighted by Crippen LogP contribution is 2.41. The molecule has 1 aromatic rings. The van der Waals surface area contributed by atoms with Crippen LogP contribution in [0.4, 0.5) is 13.2 Å². The third-order valence-corrected chi connectivity index (χ3v) is 2.52. The van der Waals surface area contributed by atoms with Gasteiger partial charge in [-0.05, 0) is 24.1 Å². The number of aryl methyl sites for hydroxylation is 1. The van der Waals surface area contributed by atoms with Crippen LogP contribution in [-0.4, -0.2) is 18.2 Å². The van der Waals surface area contributed by atoms with Crippen molar-refractivity contribution in [2.45, 2.75) is 19.0 Å². The Morgan fingerprint density at radius 3 is 2.50 bits per heavy atom. The van der Waals surface area contributed by atoms with E-state index in [-0.39, 0.29) is 23.4 Å². The minimum absolute atomic E-state index is 0.0257. The van der Waals surface area contributed by atoms with Gasteiger partial charge in [0.15, 0.2) is 0 Å². The molecule has 0 aliphatic heterocycles. The number of ether oxygens (including phenoxy) is 1. The number of carbonyl (C=O) groups is 1. The molecule has 1 N–H and O–H groups in total. The van der Waals surface area contributed by atoms with E-state index in [1.165, 1.54) is 6.07 Å². The molecule has 1 rings (SSSR count). The van der Waals surface area contributed by atoms with Crippen LogP contribution in [0.5, 0.6) is 5.75 Å². The SMILES string of the molecule is COc1c(Cl)cc(CCC(=O)O)cc1C(F)(F)F. The van der Waals surface area contributed by atoms with Gasteiger partial charge < -0.3 is 9.84 Å². The molecule has 0 aromatic heterocycles. The first-order valence-electron chi connectivity index (χ1n) is 4.91. The summed E-state index contributed by atoms with van der Waals surface area (Å²) in [5.41, 5.74) is -0.798. The van der Waals surface area contributed by atoms with Crippen LogP contribution < -0.4 is 4.74 Å². The second-order valence-corrected chi connectivity index (χ2v) is 3.96. The predicted octanol–water partition coefficient (Wildman–Crippen LogP) is 3.38. The van der Waals surface area contributed by atoms with Crippen molar-refractivity contribution in [3.05, 3.63) is 28.3 Å². The minimum Gasteiger partial charge on any atom is -0.495 e. The van der Waals surface area contributed by atoms with Crippen LogP contribution >= 0.6 is 11.6 Å². The number of benzene rings is 1. The van der Waals surface area contributed by atoms with Crippen LogP contribution in [0.15, 0.2) is 12.1 Å². The molecular weight excluding hydrogens is 273 g/mol. The van der Waals surface area contributed by atoms with E-state index in [0.717, 1.165) is 13.2 Å². The Morgan fingerprint density at radius 1 is 1.44 bits per heavy atom. The summed E-state index contributed by atoms with van der Waals surface area (Å²) >= 11 is 5.68. The highest BCUT2D eigenvalue weighted by molar-refractivity contribution is 6.32. The summed E-state index contributed by atoms with van der Waals surface area (Å²) in [5, 5.41) is 8.31. The summed E-state index contributed by atoms with van der Waals surface area (Å²) in [6.45, 7) is 0. The summed E-state index contributed by atoms with van der Waals surface area (Å²) in [6, 6.07) is 2.13. The van der Waals surface area contributed by atoms with Gasteiger partial charge in [0.2, 0.25) is 0 Å². The first-order valence-corrected chi connectivity index (χ1v) is 5.29. The average Bonchev–Trinajstić information content (AvgIpc) is 2.24. The zero-order valence-corrected chi connectivity index (χ0v) is 10.1. The summed E-state index contributed by atoms with van der Waals surface area (Å²) in [5.74, 6) is -1.54. The highest BCUT2D eigenvalue weighted by Gasteiger charge is 2.35. The van der Waals surface area contributed by atoms with Gasteiger partial charge >= 0.3 is 12.1 Å². The van der Waals surface area contributed by atoms with Crippen LogP contribution in [0.25, 0.3) is 0 Å². The minimum atomic E-state index is -4.60. The zero-order valence-electron chi connectivity index (χ0n) is 9.34. The Balaban J connectivity index is 3.18. The standard InChI is InChI=1S/C11H10ClF3O3/c1-18-10-7(11(13,14)15)4-6(5-8(10)12)2-3-9(16)17/h4-5H,2-3H2,1H3,(H,16,17). The Bertz CT molecular complexity index is 458. The number of hydrogen-bond donors (Lipinski definition) is 1. The predicted molar refractivity (Wildman–Crippen MR) is 59.0 cm³/mol. The van der Waals surface area contributed by atoms with Crippen LogP contribution in [0.3, 0.4) is 0 Å². The van der Waals surface area contributed by atoms with Crippen molar-refractivity contribution in [2.24, 2.45) is 0 Å². The zero-order chi connectivity index (χ0) is 13.9. The smallest absolute Gasteiger partial charge is 0.420 e. The molecule has 3 nitrogen and oxygen atoms in total. The average molecular weight is 283 g/mol. The molecule has 100 valence electrons. The molecule has 0 spiro atoms. The summed E-state index contributed by atoms with van der Waals surface area (Å²) in [4.78, 5) is 10.4. The summed E-state index contributed by atoms with van der Waals surface area (Å²) in [6.07, 6.45) is -4.89. The van der Waals surface area contributed by atoms with E-state index < -0.39 is 23.5 Å². The normalized spacial score (nSPS) is 11.4. The number of rotatable bonds is 4. The van der Waals surface area contributed by atoms with Crippen molar-refractivity contribution in [2.75, 3.05) is 7.11 Å². The highest BCUT2D eigenvalue weighted by atomic mass is 35.5. The largest absolute Gasteiger partial charge is 0.495 e. The topological polar surface area (TPSA) is 46.5 Å². The number of alkyl halides is 3. The number of aliphatic carboxylic acids is 1. The lowest BCUT2D eigenvalue weighted by molar-refractivity contribution is -0.138. The quantitative estimate of drug-likeness (QED) is 0.921. The molecule has 0 amide bonds. The van der Waals surface area contributed by atoms with Gasteiger partial charge in [-0.1, -0.05) is 11.6 Å². The maximum absolute atomic E-state index is 12.7. The lowest BCUT2D eigenvalue weighted by Gasteiger charge is -2.15. The second-order valence-electron chi connectivity index (χ2n) is 3.55. The molecule has 0 heterocycles. The monoisotopic (exact) mass is 282 g/mol. The van der Waals surface area contributed by atoms with Gasteiger partial charge in [0.1, 0.15) is 5.75 Å². The molecule has 0 saturated carbocycles. The van der Waals surface area contributed by atoms with Crippen LogP contribution in [0.2, 0.25) is 5.02 Å². The van der Waals surface area contributed by atoms with Gasteiger partial charge in [0, 0.05) is 6.42 Å². The fourth-order valence-corrected chi connectivity index (χ4v) is 1.78. The van der Waals surface area contributed by atoms with Crippen molar-refractivity contribution in [1.29, 1.82) is 0 Å². The van der Waals surface area contributed by atoms with Crippen molar-refractivity contribution in [1.82, 2.24) is 0 Å². The van der Waals surface area contributed by atoms with E-state index in [9.17, 15) is 18.0 Å². The van der Waals surface area contributed by atoms with Crippen molar-refractivity contribution in [3.63, 3.8) is 0 Å². The Hall–Kier alpha value is -1.43. The maximum atomic E-state index is 12.7. The molecule has 0 aliphatic rings. The first kappa shape index (κ1) is 14.6. The molecule has 0 atom stereocenters. The Labute approximate surface area is 106 Å². The molecule has 1 aromatic carbocycles. The summed E-state index contributed by atoms with van der Waals surface area (Å²) in [7, 11) is 1.09. The van der Waals surface area contributed by atoms with Crippen LogP contribution in [0, 0.1) is 0 Å².